The summed E-state index contributed by atoms with van der Waals surface area (Å²) in [6.07, 6.45) is 1.70. The van der Waals surface area contributed by atoms with Gasteiger partial charge in [-0.1, -0.05) is 31.2 Å². The second-order valence-corrected chi connectivity index (χ2v) is 4.31. The fraction of sp³-hybridized carbons (Fsp3) is 0.462. The molecular weight excluding hydrogens is 202 g/mol. The topological polar surface area (TPSA) is 49.3 Å². The lowest BCUT2D eigenvalue weighted by molar-refractivity contribution is -0.139. The number of hydrogen-bond donors (Lipinski definition) is 2. The molecule has 0 amide bonds. The Morgan fingerprint density at radius 3 is 2.94 bits per heavy atom. The van der Waals surface area contributed by atoms with Gasteiger partial charge < -0.3 is 10.4 Å². The summed E-state index contributed by atoms with van der Waals surface area (Å²) >= 11 is 0. The summed E-state index contributed by atoms with van der Waals surface area (Å²) in [6.45, 7) is 2.66. The zero-order valence-electron chi connectivity index (χ0n) is 9.44. The van der Waals surface area contributed by atoms with Crippen LogP contribution in [-0.2, 0) is 11.2 Å². The fourth-order valence-electron chi connectivity index (χ4n) is 2.24. The van der Waals surface area contributed by atoms with Crippen molar-refractivity contribution in [1.82, 2.24) is 5.32 Å². The van der Waals surface area contributed by atoms with Gasteiger partial charge in [0.25, 0.3) is 0 Å². The molecule has 1 aliphatic rings. The Morgan fingerprint density at radius 2 is 2.31 bits per heavy atom. The minimum atomic E-state index is -0.755. The Morgan fingerprint density at radius 1 is 1.56 bits per heavy atom. The van der Waals surface area contributed by atoms with E-state index in [1.54, 1.807) is 0 Å². The molecule has 0 aromatic heterocycles. The molecule has 0 aliphatic heterocycles. The number of carboxylic acids is 1. The van der Waals surface area contributed by atoms with Crippen molar-refractivity contribution in [2.45, 2.75) is 31.7 Å². The van der Waals surface area contributed by atoms with Crippen molar-refractivity contribution in [1.29, 1.82) is 0 Å². The van der Waals surface area contributed by atoms with Gasteiger partial charge in [-0.15, -0.1) is 0 Å². The highest BCUT2D eigenvalue weighted by Gasteiger charge is 2.26. The van der Waals surface area contributed by atoms with Gasteiger partial charge in [0.1, 0.15) is 6.04 Å². The van der Waals surface area contributed by atoms with E-state index in [-0.39, 0.29) is 0 Å². The lowest BCUT2D eigenvalue weighted by Gasteiger charge is -2.31. The van der Waals surface area contributed by atoms with Crippen LogP contribution in [0.5, 0.6) is 0 Å². The number of carbonyl (C=O) groups is 1. The molecule has 1 aromatic carbocycles. The SMILES string of the molecule is CCC(NCC1Cc2ccccc21)C(=O)O. The fourth-order valence-corrected chi connectivity index (χ4v) is 2.24. The Kier molecular flexibility index (Phi) is 3.25. The lowest BCUT2D eigenvalue weighted by Crippen LogP contribution is -2.40. The number of aliphatic carboxylic acids is 1. The second-order valence-electron chi connectivity index (χ2n) is 4.31. The van der Waals surface area contributed by atoms with Crippen LogP contribution in [0.15, 0.2) is 24.3 Å². The molecule has 0 heterocycles. The van der Waals surface area contributed by atoms with E-state index in [1.807, 2.05) is 13.0 Å². The zero-order valence-corrected chi connectivity index (χ0v) is 9.44. The number of fused-ring (bicyclic) bond motifs is 1. The van der Waals surface area contributed by atoms with E-state index >= 15 is 0 Å². The van der Waals surface area contributed by atoms with Gasteiger partial charge in [0, 0.05) is 12.5 Å². The van der Waals surface area contributed by atoms with Gasteiger partial charge >= 0.3 is 5.97 Å². The molecule has 2 N–H and O–H groups in total. The maximum atomic E-state index is 10.8. The third kappa shape index (κ3) is 2.09. The average molecular weight is 219 g/mol. The van der Waals surface area contributed by atoms with Crippen molar-refractivity contribution in [3.8, 4) is 0 Å². The Balaban J connectivity index is 1.88. The van der Waals surface area contributed by atoms with Gasteiger partial charge in [0.2, 0.25) is 0 Å². The summed E-state index contributed by atoms with van der Waals surface area (Å²) in [6, 6.07) is 7.95. The number of benzene rings is 1. The average Bonchev–Trinajstić information content (AvgIpc) is 2.24. The molecule has 0 saturated carbocycles. The van der Waals surface area contributed by atoms with Gasteiger partial charge in [-0.3, -0.25) is 4.79 Å². The van der Waals surface area contributed by atoms with Gasteiger partial charge in [-0.05, 0) is 24.0 Å². The molecule has 86 valence electrons. The van der Waals surface area contributed by atoms with Gasteiger partial charge in [-0.25, -0.2) is 0 Å². The number of rotatable bonds is 5. The number of nitrogens with one attached hydrogen (secondary N) is 1. The summed E-state index contributed by atoms with van der Waals surface area (Å²) in [5.74, 6) is -0.264. The maximum absolute atomic E-state index is 10.8. The van der Waals surface area contributed by atoms with Crippen molar-refractivity contribution in [2.75, 3.05) is 6.54 Å². The molecule has 1 aliphatic carbocycles. The largest absolute Gasteiger partial charge is 0.480 e. The summed E-state index contributed by atoms with van der Waals surface area (Å²) in [5.41, 5.74) is 2.77. The molecule has 16 heavy (non-hydrogen) atoms. The first-order valence-electron chi connectivity index (χ1n) is 5.76. The first kappa shape index (κ1) is 11.1. The smallest absolute Gasteiger partial charge is 0.320 e. The molecule has 0 fully saturated rings. The highest BCUT2D eigenvalue weighted by atomic mass is 16.4. The molecule has 3 heteroatoms. The van der Waals surface area contributed by atoms with E-state index in [0.29, 0.717) is 12.3 Å². The summed E-state index contributed by atoms with van der Waals surface area (Å²) in [4.78, 5) is 10.8. The first-order chi connectivity index (χ1) is 7.72. The molecule has 2 unspecified atom stereocenters. The molecule has 0 bridgehead atoms. The molecule has 1 aromatic rings. The summed E-state index contributed by atoms with van der Waals surface area (Å²) in [5, 5.41) is 12.0. The van der Waals surface area contributed by atoms with Crippen LogP contribution in [0.1, 0.15) is 30.4 Å². The third-order valence-corrected chi connectivity index (χ3v) is 3.28. The van der Waals surface area contributed by atoms with Crippen molar-refractivity contribution in [3.63, 3.8) is 0 Å². The molecule has 0 radical (unpaired) electrons. The van der Waals surface area contributed by atoms with Crippen molar-refractivity contribution in [2.24, 2.45) is 0 Å². The minimum absolute atomic E-state index is 0.409. The van der Waals surface area contributed by atoms with E-state index in [9.17, 15) is 4.79 Å². The molecule has 2 atom stereocenters. The highest BCUT2D eigenvalue weighted by Crippen LogP contribution is 2.34. The summed E-state index contributed by atoms with van der Waals surface area (Å²) < 4.78 is 0. The Labute approximate surface area is 95.5 Å². The molecule has 3 nitrogen and oxygen atoms in total. The van der Waals surface area contributed by atoms with Crippen LogP contribution in [0.4, 0.5) is 0 Å². The maximum Gasteiger partial charge on any atom is 0.320 e. The van der Waals surface area contributed by atoms with E-state index in [2.05, 4.69) is 23.5 Å². The molecular formula is C13H17NO2. The minimum Gasteiger partial charge on any atom is -0.480 e. The van der Waals surface area contributed by atoms with Crippen LogP contribution in [0.25, 0.3) is 0 Å². The molecule has 0 spiro atoms. The van der Waals surface area contributed by atoms with Crippen molar-refractivity contribution in [3.05, 3.63) is 35.4 Å². The Bertz CT molecular complexity index is 389. The van der Waals surface area contributed by atoms with Crippen LogP contribution in [0, 0.1) is 0 Å². The number of carboxylic acid groups (broad SMARTS) is 1. The van der Waals surface area contributed by atoms with Gasteiger partial charge in [0.05, 0.1) is 0 Å². The van der Waals surface area contributed by atoms with E-state index in [4.69, 9.17) is 5.11 Å². The second kappa shape index (κ2) is 4.66. The monoisotopic (exact) mass is 219 g/mol. The van der Waals surface area contributed by atoms with E-state index < -0.39 is 12.0 Å². The third-order valence-electron chi connectivity index (χ3n) is 3.28. The van der Waals surface area contributed by atoms with Crippen LogP contribution >= 0.6 is 0 Å². The normalized spacial score (nSPS) is 19.7. The van der Waals surface area contributed by atoms with Crippen LogP contribution in [0.2, 0.25) is 0 Å². The first-order valence-corrected chi connectivity index (χ1v) is 5.76. The van der Waals surface area contributed by atoms with Crippen LogP contribution in [0.3, 0.4) is 0 Å². The van der Waals surface area contributed by atoms with Gasteiger partial charge in [0.15, 0.2) is 0 Å². The zero-order chi connectivity index (χ0) is 11.5. The van der Waals surface area contributed by atoms with Crippen LogP contribution < -0.4 is 5.32 Å². The predicted molar refractivity (Wildman–Crippen MR) is 62.6 cm³/mol. The molecule has 0 saturated heterocycles. The quantitative estimate of drug-likeness (QED) is 0.793. The number of hydrogen-bond acceptors (Lipinski definition) is 2. The van der Waals surface area contributed by atoms with Crippen LogP contribution in [-0.4, -0.2) is 23.7 Å². The van der Waals surface area contributed by atoms with Crippen molar-refractivity contribution < 1.29 is 9.90 Å². The van der Waals surface area contributed by atoms with E-state index in [0.717, 1.165) is 13.0 Å². The standard InChI is InChI=1S/C13H17NO2/c1-2-12(13(15)16)14-8-10-7-9-5-3-4-6-11(9)10/h3-6,10,12,14H,2,7-8H2,1H3,(H,15,16). The Hall–Kier alpha value is -1.35. The van der Waals surface area contributed by atoms with E-state index in [1.165, 1.54) is 11.1 Å². The highest BCUT2D eigenvalue weighted by molar-refractivity contribution is 5.73. The lowest BCUT2D eigenvalue weighted by atomic mass is 9.77. The molecule has 2 rings (SSSR count). The van der Waals surface area contributed by atoms with Gasteiger partial charge in [-0.2, -0.15) is 0 Å². The summed E-state index contributed by atoms with van der Waals surface area (Å²) in [7, 11) is 0. The predicted octanol–water partition coefficient (Wildman–Crippen LogP) is 1.78. The van der Waals surface area contributed by atoms with Crippen molar-refractivity contribution >= 4 is 5.97 Å².